The Balaban J connectivity index is 1.50. The molecule has 2 atom stereocenters. The first-order valence-electron chi connectivity index (χ1n) is 9.83. The average molecular weight is 396 g/mol. The second kappa shape index (κ2) is 7.13. The van der Waals surface area contributed by atoms with E-state index in [1.54, 1.807) is 42.1 Å². The Morgan fingerprint density at radius 1 is 1.31 bits per heavy atom. The van der Waals surface area contributed by atoms with Crippen LogP contribution < -0.4 is 5.32 Å². The number of likely N-dealkylation sites (tertiary alicyclic amines) is 1. The molecule has 152 valence electrons. The lowest BCUT2D eigenvalue weighted by Crippen LogP contribution is -2.38. The van der Waals surface area contributed by atoms with E-state index in [1.165, 1.54) is 12.1 Å². The highest BCUT2D eigenvalue weighted by molar-refractivity contribution is 5.95. The number of carbonyl (C=O) groups is 2. The number of rotatable bonds is 3. The van der Waals surface area contributed by atoms with Gasteiger partial charge in [0.2, 0.25) is 5.91 Å². The van der Waals surface area contributed by atoms with E-state index in [1.807, 2.05) is 13.0 Å². The molecule has 0 spiro atoms. The number of likely N-dealkylation sites (N-methyl/N-ethyl adjacent to an activating group) is 1. The normalized spacial score (nSPS) is 22.9. The average Bonchev–Trinajstić information content (AvgIpc) is 3.31. The largest absolute Gasteiger partial charge is 0.360 e. The third kappa shape index (κ3) is 3.57. The summed E-state index contributed by atoms with van der Waals surface area (Å²) in [5.41, 5.74) is 2.10. The van der Waals surface area contributed by atoms with E-state index < -0.39 is 5.54 Å². The molecule has 7 heteroatoms. The van der Waals surface area contributed by atoms with Crippen LogP contribution in [0, 0.1) is 5.82 Å². The SMILES string of the molecule is CC(=O)N(C)[C@H]1CCN(C(=O)c2cnc3c(c2)C[C@@](C)(c2ccc(F)cc2)N3)C1. The number of anilines is 1. The van der Waals surface area contributed by atoms with Gasteiger partial charge in [0, 0.05) is 39.7 Å². The molecule has 2 aliphatic rings. The maximum atomic E-state index is 13.3. The van der Waals surface area contributed by atoms with Crippen LogP contribution in [0.2, 0.25) is 0 Å². The van der Waals surface area contributed by atoms with Crippen molar-refractivity contribution < 1.29 is 14.0 Å². The van der Waals surface area contributed by atoms with Crippen molar-refractivity contribution in [1.29, 1.82) is 0 Å². The molecule has 0 aliphatic carbocycles. The molecular weight excluding hydrogens is 371 g/mol. The van der Waals surface area contributed by atoms with Crippen LogP contribution in [0.4, 0.5) is 10.2 Å². The summed E-state index contributed by atoms with van der Waals surface area (Å²) in [4.78, 5) is 32.5. The zero-order valence-corrected chi connectivity index (χ0v) is 16.9. The Bertz CT molecular complexity index is 962. The van der Waals surface area contributed by atoms with Crippen LogP contribution in [0.25, 0.3) is 0 Å². The highest BCUT2D eigenvalue weighted by Crippen LogP contribution is 2.38. The van der Waals surface area contributed by atoms with Crippen LogP contribution in [-0.4, -0.2) is 52.8 Å². The van der Waals surface area contributed by atoms with Crippen LogP contribution in [0.15, 0.2) is 36.5 Å². The molecule has 0 unspecified atom stereocenters. The molecule has 1 aromatic heterocycles. The molecule has 1 fully saturated rings. The number of pyridine rings is 1. The Morgan fingerprint density at radius 3 is 2.72 bits per heavy atom. The van der Waals surface area contributed by atoms with Gasteiger partial charge >= 0.3 is 0 Å². The van der Waals surface area contributed by atoms with Crippen molar-refractivity contribution in [3.05, 3.63) is 59.0 Å². The Kier molecular flexibility index (Phi) is 4.76. The van der Waals surface area contributed by atoms with Crippen LogP contribution in [0.5, 0.6) is 0 Å². The molecule has 1 aromatic carbocycles. The number of nitrogens with one attached hydrogen (secondary N) is 1. The van der Waals surface area contributed by atoms with Gasteiger partial charge in [0.25, 0.3) is 5.91 Å². The van der Waals surface area contributed by atoms with Gasteiger partial charge in [-0.25, -0.2) is 9.37 Å². The molecule has 0 bridgehead atoms. The van der Waals surface area contributed by atoms with Gasteiger partial charge in [0.05, 0.1) is 17.1 Å². The lowest BCUT2D eigenvalue weighted by Gasteiger charge is -2.25. The van der Waals surface area contributed by atoms with E-state index in [0.717, 1.165) is 23.4 Å². The number of hydrogen-bond donors (Lipinski definition) is 1. The fourth-order valence-corrected chi connectivity index (χ4v) is 4.24. The molecule has 4 rings (SSSR count). The topological polar surface area (TPSA) is 65.5 Å². The van der Waals surface area contributed by atoms with E-state index in [4.69, 9.17) is 0 Å². The van der Waals surface area contributed by atoms with Gasteiger partial charge < -0.3 is 15.1 Å². The molecule has 3 heterocycles. The molecular formula is C22H25FN4O2. The molecule has 29 heavy (non-hydrogen) atoms. The fourth-order valence-electron chi connectivity index (χ4n) is 4.24. The highest BCUT2D eigenvalue weighted by Gasteiger charge is 2.36. The smallest absolute Gasteiger partial charge is 0.255 e. The predicted octanol–water partition coefficient (Wildman–Crippen LogP) is 2.80. The maximum Gasteiger partial charge on any atom is 0.255 e. The number of amides is 2. The van der Waals surface area contributed by atoms with Crippen molar-refractivity contribution in [2.45, 2.75) is 38.3 Å². The van der Waals surface area contributed by atoms with Gasteiger partial charge in [-0.3, -0.25) is 9.59 Å². The minimum absolute atomic E-state index is 0.00893. The summed E-state index contributed by atoms with van der Waals surface area (Å²) in [6, 6.07) is 8.41. The van der Waals surface area contributed by atoms with Gasteiger partial charge in [-0.15, -0.1) is 0 Å². The fraction of sp³-hybridized carbons (Fsp3) is 0.409. The van der Waals surface area contributed by atoms with Gasteiger partial charge in [0.15, 0.2) is 0 Å². The summed E-state index contributed by atoms with van der Waals surface area (Å²) in [7, 11) is 1.78. The van der Waals surface area contributed by atoms with Gasteiger partial charge in [-0.05, 0) is 42.7 Å². The predicted molar refractivity (Wildman–Crippen MR) is 108 cm³/mol. The van der Waals surface area contributed by atoms with Crippen molar-refractivity contribution in [2.75, 3.05) is 25.5 Å². The summed E-state index contributed by atoms with van der Waals surface area (Å²) in [5, 5.41) is 3.41. The summed E-state index contributed by atoms with van der Waals surface area (Å²) in [6.45, 7) is 4.76. The Labute approximate surface area is 169 Å². The maximum absolute atomic E-state index is 13.3. The van der Waals surface area contributed by atoms with E-state index in [9.17, 15) is 14.0 Å². The monoisotopic (exact) mass is 396 g/mol. The van der Waals surface area contributed by atoms with E-state index in [0.29, 0.717) is 25.1 Å². The second-order valence-corrected chi connectivity index (χ2v) is 8.20. The quantitative estimate of drug-likeness (QED) is 0.867. The molecule has 6 nitrogen and oxygen atoms in total. The third-order valence-corrected chi connectivity index (χ3v) is 6.13. The van der Waals surface area contributed by atoms with Crippen LogP contribution >= 0.6 is 0 Å². The minimum atomic E-state index is -0.395. The molecule has 2 amide bonds. The third-order valence-electron chi connectivity index (χ3n) is 6.13. The standard InChI is InChI=1S/C22H25FN4O2/c1-14(28)26(3)19-8-9-27(13-19)21(29)16-10-15-11-22(2,25-20(15)24-12-16)17-4-6-18(23)7-5-17/h4-7,10,12,19H,8-9,11,13H2,1-3H3,(H,24,25)/t19-,22-/m0/s1. The van der Waals surface area contributed by atoms with Crippen molar-refractivity contribution >= 4 is 17.6 Å². The number of aromatic nitrogens is 1. The zero-order chi connectivity index (χ0) is 20.8. The van der Waals surface area contributed by atoms with Crippen molar-refractivity contribution in [2.24, 2.45) is 0 Å². The van der Waals surface area contributed by atoms with E-state index in [-0.39, 0.29) is 23.7 Å². The number of hydrogen-bond acceptors (Lipinski definition) is 4. The molecule has 2 aliphatic heterocycles. The second-order valence-electron chi connectivity index (χ2n) is 8.20. The van der Waals surface area contributed by atoms with Gasteiger partial charge in [0.1, 0.15) is 11.6 Å². The number of fused-ring (bicyclic) bond motifs is 1. The minimum Gasteiger partial charge on any atom is -0.360 e. The summed E-state index contributed by atoms with van der Waals surface area (Å²) in [6.07, 6.45) is 3.05. The molecule has 1 N–H and O–H groups in total. The lowest BCUT2D eigenvalue weighted by atomic mass is 9.89. The molecule has 0 saturated carbocycles. The van der Waals surface area contributed by atoms with Gasteiger partial charge in [-0.2, -0.15) is 0 Å². The van der Waals surface area contributed by atoms with Crippen LogP contribution in [-0.2, 0) is 16.8 Å². The summed E-state index contributed by atoms with van der Waals surface area (Å²) >= 11 is 0. The number of nitrogens with zero attached hydrogens (tertiary/aromatic N) is 3. The first-order chi connectivity index (χ1) is 13.8. The van der Waals surface area contributed by atoms with Crippen molar-refractivity contribution in [1.82, 2.24) is 14.8 Å². The Morgan fingerprint density at radius 2 is 2.03 bits per heavy atom. The van der Waals surface area contributed by atoms with E-state index in [2.05, 4.69) is 10.3 Å². The molecule has 1 saturated heterocycles. The highest BCUT2D eigenvalue weighted by atomic mass is 19.1. The number of halogens is 1. The van der Waals surface area contributed by atoms with Gasteiger partial charge in [-0.1, -0.05) is 12.1 Å². The number of benzene rings is 1. The van der Waals surface area contributed by atoms with E-state index >= 15 is 0 Å². The first-order valence-corrected chi connectivity index (χ1v) is 9.83. The Hall–Kier alpha value is -2.96. The van der Waals surface area contributed by atoms with Crippen LogP contribution in [0.3, 0.4) is 0 Å². The van der Waals surface area contributed by atoms with Crippen molar-refractivity contribution in [3.63, 3.8) is 0 Å². The van der Waals surface area contributed by atoms with Crippen LogP contribution in [0.1, 0.15) is 41.8 Å². The van der Waals surface area contributed by atoms with Crippen molar-refractivity contribution in [3.8, 4) is 0 Å². The summed E-state index contributed by atoms with van der Waals surface area (Å²) < 4.78 is 13.3. The lowest BCUT2D eigenvalue weighted by molar-refractivity contribution is -0.129. The molecule has 0 radical (unpaired) electrons. The summed E-state index contributed by atoms with van der Waals surface area (Å²) in [5.74, 6) is 0.437. The first kappa shape index (κ1) is 19.4. The zero-order valence-electron chi connectivity index (χ0n) is 16.9. The molecule has 2 aromatic rings. The number of carbonyl (C=O) groups excluding carboxylic acids is 2.